The molecule has 1 N–H and O–H groups in total. The summed E-state index contributed by atoms with van der Waals surface area (Å²) in [5, 5.41) is 3.63. The second-order valence-corrected chi connectivity index (χ2v) is 5.61. The molecule has 1 aliphatic heterocycles. The third-order valence-electron chi connectivity index (χ3n) is 4.16. The second kappa shape index (κ2) is 5.93. The summed E-state index contributed by atoms with van der Waals surface area (Å²) in [6.07, 6.45) is 3.83. The van der Waals surface area contributed by atoms with Crippen LogP contribution >= 0.6 is 0 Å². The number of morpholine rings is 1. The Morgan fingerprint density at radius 2 is 2.16 bits per heavy atom. The molecule has 1 heterocycles. The first kappa shape index (κ1) is 12.9. The van der Waals surface area contributed by atoms with Crippen LogP contribution in [-0.2, 0) is 11.3 Å². The first-order valence-corrected chi connectivity index (χ1v) is 7.54. The van der Waals surface area contributed by atoms with Gasteiger partial charge in [0.05, 0.1) is 19.3 Å². The topological polar surface area (TPSA) is 24.5 Å². The van der Waals surface area contributed by atoms with Crippen LogP contribution in [0.5, 0.6) is 0 Å². The van der Waals surface area contributed by atoms with E-state index in [0.717, 1.165) is 38.8 Å². The predicted molar refractivity (Wildman–Crippen MR) is 78.5 cm³/mol. The van der Waals surface area contributed by atoms with E-state index in [1.54, 1.807) is 0 Å². The molecular formula is C16H24N2O. The maximum absolute atomic E-state index is 5.62. The molecule has 1 saturated heterocycles. The van der Waals surface area contributed by atoms with Crippen LogP contribution in [0.3, 0.4) is 0 Å². The van der Waals surface area contributed by atoms with E-state index in [1.165, 1.54) is 24.1 Å². The van der Waals surface area contributed by atoms with Gasteiger partial charge in [0.25, 0.3) is 0 Å². The Hall–Kier alpha value is -1.06. The molecule has 1 aromatic carbocycles. The lowest BCUT2D eigenvalue weighted by molar-refractivity contribution is 0.0929. The number of rotatable bonds is 5. The predicted octanol–water partition coefficient (Wildman–Crippen LogP) is 2.55. The Bertz CT molecular complexity index is 417. The van der Waals surface area contributed by atoms with Gasteiger partial charge in [-0.05, 0) is 30.9 Å². The van der Waals surface area contributed by atoms with Crippen molar-refractivity contribution in [1.29, 1.82) is 0 Å². The van der Waals surface area contributed by atoms with Gasteiger partial charge in [-0.3, -0.25) is 0 Å². The number of nitrogens with one attached hydrogen (secondary N) is 1. The number of benzene rings is 1. The van der Waals surface area contributed by atoms with Crippen LogP contribution in [0, 0.1) is 0 Å². The normalized spacial score (nSPS) is 23.6. The van der Waals surface area contributed by atoms with Gasteiger partial charge in [-0.1, -0.05) is 25.1 Å². The van der Waals surface area contributed by atoms with Crippen LogP contribution in [-0.4, -0.2) is 31.8 Å². The van der Waals surface area contributed by atoms with Gasteiger partial charge in [0.1, 0.15) is 0 Å². The van der Waals surface area contributed by atoms with E-state index in [2.05, 4.69) is 41.4 Å². The van der Waals surface area contributed by atoms with Crippen molar-refractivity contribution in [3.05, 3.63) is 29.8 Å². The van der Waals surface area contributed by atoms with E-state index in [4.69, 9.17) is 4.74 Å². The Balaban J connectivity index is 1.76. The first-order chi connectivity index (χ1) is 9.38. The molecule has 3 nitrogen and oxygen atoms in total. The van der Waals surface area contributed by atoms with Gasteiger partial charge in [-0.2, -0.15) is 0 Å². The summed E-state index contributed by atoms with van der Waals surface area (Å²) in [6.45, 7) is 5.97. The maximum Gasteiger partial charge on any atom is 0.0670 e. The lowest BCUT2D eigenvalue weighted by atomic mass is 10.1. The van der Waals surface area contributed by atoms with Gasteiger partial charge >= 0.3 is 0 Å². The molecule has 2 fully saturated rings. The van der Waals surface area contributed by atoms with Gasteiger partial charge in [0, 0.05) is 24.8 Å². The van der Waals surface area contributed by atoms with Crippen molar-refractivity contribution < 1.29 is 4.74 Å². The molecular weight excluding hydrogens is 236 g/mol. The molecule has 3 heteroatoms. The molecule has 19 heavy (non-hydrogen) atoms. The van der Waals surface area contributed by atoms with E-state index in [0.29, 0.717) is 6.04 Å². The zero-order valence-electron chi connectivity index (χ0n) is 11.8. The Morgan fingerprint density at radius 1 is 1.32 bits per heavy atom. The van der Waals surface area contributed by atoms with Crippen molar-refractivity contribution in [1.82, 2.24) is 5.32 Å². The van der Waals surface area contributed by atoms with E-state index < -0.39 is 0 Å². The van der Waals surface area contributed by atoms with Crippen molar-refractivity contribution in [2.75, 3.05) is 24.7 Å². The quantitative estimate of drug-likeness (QED) is 0.880. The highest BCUT2D eigenvalue weighted by molar-refractivity contribution is 5.54. The zero-order valence-corrected chi connectivity index (χ0v) is 11.8. The summed E-state index contributed by atoms with van der Waals surface area (Å²) in [7, 11) is 0. The minimum atomic E-state index is 0.524. The van der Waals surface area contributed by atoms with Gasteiger partial charge in [0.15, 0.2) is 0 Å². The number of anilines is 1. The van der Waals surface area contributed by atoms with Crippen molar-refractivity contribution in [3.63, 3.8) is 0 Å². The van der Waals surface area contributed by atoms with Gasteiger partial charge in [-0.15, -0.1) is 0 Å². The summed E-state index contributed by atoms with van der Waals surface area (Å²) in [5.41, 5.74) is 2.82. The molecule has 0 amide bonds. The number of ether oxygens (including phenoxy) is 1. The molecule has 0 radical (unpaired) electrons. The Morgan fingerprint density at radius 3 is 2.95 bits per heavy atom. The molecule has 3 rings (SSSR count). The third-order valence-corrected chi connectivity index (χ3v) is 4.16. The molecule has 0 aromatic heterocycles. The molecule has 1 aromatic rings. The van der Waals surface area contributed by atoms with Crippen LogP contribution in [0.2, 0.25) is 0 Å². The second-order valence-electron chi connectivity index (χ2n) is 5.61. The van der Waals surface area contributed by atoms with Crippen molar-refractivity contribution >= 4 is 5.69 Å². The smallest absolute Gasteiger partial charge is 0.0670 e. The van der Waals surface area contributed by atoms with Crippen LogP contribution < -0.4 is 10.2 Å². The van der Waals surface area contributed by atoms with E-state index in [1.807, 2.05) is 0 Å². The highest BCUT2D eigenvalue weighted by Crippen LogP contribution is 2.27. The van der Waals surface area contributed by atoms with Crippen molar-refractivity contribution in [2.45, 2.75) is 44.8 Å². The van der Waals surface area contributed by atoms with Crippen LogP contribution in [0.25, 0.3) is 0 Å². The molecule has 0 bridgehead atoms. The fourth-order valence-electron chi connectivity index (χ4n) is 2.79. The summed E-state index contributed by atoms with van der Waals surface area (Å²) < 4.78 is 5.62. The summed E-state index contributed by atoms with van der Waals surface area (Å²) >= 11 is 0. The lowest BCUT2D eigenvalue weighted by Gasteiger charge is -2.38. The standard InChI is InChI=1S/C16H24N2O/c1-2-15-12-19-10-9-18(15)16-6-4-3-5-13(16)11-17-14-7-8-14/h3-6,14-15,17H,2,7-12H2,1H3. The lowest BCUT2D eigenvalue weighted by Crippen LogP contribution is -2.45. The summed E-state index contributed by atoms with van der Waals surface area (Å²) in [6, 6.07) is 10.1. The van der Waals surface area contributed by atoms with Crippen LogP contribution in [0.4, 0.5) is 5.69 Å². The zero-order chi connectivity index (χ0) is 13.1. The molecule has 0 spiro atoms. The van der Waals surface area contributed by atoms with E-state index in [9.17, 15) is 0 Å². The van der Waals surface area contributed by atoms with Crippen molar-refractivity contribution in [3.8, 4) is 0 Å². The molecule has 1 unspecified atom stereocenters. The minimum absolute atomic E-state index is 0.524. The molecule has 1 saturated carbocycles. The fraction of sp³-hybridized carbons (Fsp3) is 0.625. The van der Waals surface area contributed by atoms with Gasteiger partial charge in [-0.25, -0.2) is 0 Å². The molecule has 2 aliphatic rings. The van der Waals surface area contributed by atoms with Gasteiger partial charge < -0.3 is 15.0 Å². The van der Waals surface area contributed by atoms with Crippen molar-refractivity contribution in [2.24, 2.45) is 0 Å². The van der Waals surface area contributed by atoms with E-state index in [-0.39, 0.29) is 0 Å². The number of nitrogens with zero attached hydrogens (tertiary/aromatic N) is 1. The summed E-state index contributed by atoms with van der Waals surface area (Å²) in [5.74, 6) is 0. The Kier molecular flexibility index (Phi) is 4.04. The monoisotopic (exact) mass is 260 g/mol. The molecule has 1 atom stereocenters. The molecule has 1 aliphatic carbocycles. The first-order valence-electron chi connectivity index (χ1n) is 7.54. The maximum atomic E-state index is 5.62. The highest BCUT2D eigenvalue weighted by Gasteiger charge is 2.24. The summed E-state index contributed by atoms with van der Waals surface area (Å²) in [4.78, 5) is 2.54. The van der Waals surface area contributed by atoms with Crippen LogP contribution in [0.15, 0.2) is 24.3 Å². The molecule has 104 valence electrons. The van der Waals surface area contributed by atoms with E-state index >= 15 is 0 Å². The fourth-order valence-corrected chi connectivity index (χ4v) is 2.79. The SMILES string of the molecule is CCC1COCCN1c1ccccc1CNC1CC1. The number of hydrogen-bond acceptors (Lipinski definition) is 3. The average Bonchev–Trinajstić information content (AvgIpc) is 3.29. The largest absolute Gasteiger partial charge is 0.377 e. The van der Waals surface area contributed by atoms with Gasteiger partial charge in [0.2, 0.25) is 0 Å². The Labute approximate surface area is 115 Å². The third kappa shape index (κ3) is 3.10. The average molecular weight is 260 g/mol. The number of hydrogen-bond donors (Lipinski definition) is 1. The minimum Gasteiger partial charge on any atom is -0.377 e. The highest BCUT2D eigenvalue weighted by atomic mass is 16.5. The van der Waals surface area contributed by atoms with Crippen LogP contribution in [0.1, 0.15) is 31.7 Å². The number of para-hydroxylation sites is 1.